The maximum Gasteiger partial charge on any atom is 0.241 e. The molecule has 0 aliphatic carbocycles. The third kappa shape index (κ3) is 6.29. The van der Waals surface area contributed by atoms with E-state index in [1.807, 2.05) is 25.1 Å². The highest BCUT2D eigenvalue weighted by atomic mass is 19.3. The van der Waals surface area contributed by atoms with Crippen molar-refractivity contribution >= 4 is 0 Å². The van der Waals surface area contributed by atoms with Crippen LogP contribution >= 0.6 is 0 Å². The molecule has 3 nitrogen and oxygen atoms in total. The largest absolute Gasteiger partial charge is 0.497 e. The first-order valence-electron chi connectivity index (χ1n) is 7.19. The first-order chi connectivity index (χ1) is 9.96. The number of ether oxygens (including phenoxy) is 2. The Morgan fingerprint density at radius 2 is 1.62 bits per heavy atom. The zero-order valence-corrected chi connectivity index (χ0v) is 13.2. The van der Waals surface area contributed by atoms with Crippen LogP contribution in [0.4, 0.5) is 8.78 Å². The van der Waals surface area contributed by atoms with E-state index in [0.717, 1.165) is 30.0 Å². The van der Waals surface area contributed by atoms with Gasteiger partial charge in [0.1, 0.15) is 11.5 Å². The number of halogens is 2. The van der Waals surface area contributed by atoms with Crippen molar-refractivity contribution in [2.45, 2.75) is 39.2 Å². The summed E-state index contributed by atoms with van der Waals surface area (Å²) in [6, 6.07) is 5.80. The summed E-state index contributed by atoms with van der Waals surface area (Å²) in [7, 11) is 3.23. The normalized spacial score (nSPS) is 14.0. The highest BCUT2D eigenvalue weighted by Crippen LogP contribution is 2.22. The topological polar surface area (TPSA) is 30.5 Å². The molecule has 0 fully saturated rings. The van der Waals surface area contributed by atoms with Crippen LogP contribution in [0.1, 0.15) is 25.8 Å². The molecule has 0 heterocycles. The van der Waals surface area contributed by atoms with Gasteiger partial charge in [-0.05, 0) is 44.0 Å². The van der Waals surface area contributed by atoms with Crippen LogP contribution in [-0.4, -0.2) is 33.2 Å². The Kier molecular flexibility index (Phi) is 7.43. The van der Waals surface area contributed by atoms with Gasteiger partial charge in [-0.2, -0.15) is 0 Å². The van der Waals surface area contributed by atoms with Crippen LogP contribution in [0.3, 0.4) is 0 Å². The van der Waals surface area contributed by atoms with Gasteiger partial charge in [0.05, 0.1) is 14.2 Å². The fraction of sp³-hybridized carbons (Fsp3) is 0.625. The van der Waals surface area contributed by atoms with E-state index < -0.39 is 12.3 Å². The van der Waals surface area contributed by atoms with Gasteiger partial charge in [-0.25, -0.2) is 8.78 Å². The summed E-state index contributed by atoms with van der Waals surface area (Å²) in [5, 5.41) is 3.28. The molecule has 1 rings (SSSR count). The third-order valence-corrected chi connectivity index (χ3v) is 3.47. The number of methoxy groups -OCH3 is 2. The lowest BCUT2D eigenvalue weighted by Crippen LogP contribution is -2.31. The zero-order chi connectivity index (χ0) is 15.8. The number of nitrogens with one attached hydrogen (secondary N) is 1. The fourth-order valence-electron chi connectivity index (χ4n) is 2.22. The van der Waals surface area contributed by atoms with Crippen LogP contribution in [-0.2, 0) is 6.42 Å². The average molecular weight is 301 g/mol. The van der Waals surface area contributed by atoms with Gasteiger partial charge in [0.15, 0.2) is 0 Å². The Balaban J connectivity index is 2.45. The van der Waals surface area contributed by atoms with Crippen molar-refractivity contribution < 1.29 is 18.3 Å². The van der Waals surface area contributed by atoms with Gasteiger partial charge in [0.25, 0.3) is 0 Å². The van der Waals surface area contributed by atoms with E-state index in [0.29, 0.717) is 6.42 Å². The Morgan fingerprint density at radius 1 is 1.05 bits per heavy atom. The van der Waals surface area contributed by atoms with Gasteiger partial charge in [-0.15, -0.1) is 0 Å². The average Bonchev–Trinajstić information content (AvgIpc) is 2.46. The molecule has 0 aliphatic heterocycles. The Hall–Kier alpha value is -1.36. The molecule has 2 unspecified atom stereocenters. The van der Waals surface area contributed by atoms with Crippen molar-refractivity contribution in [1.82, 2.24) is 5.32 Å². The van der Waals surface area contributed by atoms with Crippen molar-refractivity contribution in [3.05, 3.63) is 23.8 Å². The van der Waals surface area contributed by atoms with Crippen LogP contribution in [0.25, 0.3) is 0 Å². The lowest BCUT2D eigenvalue weighted by atomic mass is 10.0. The number of alkyl halides is 2. The van der Waals surface area contributed by atoms with Crippen LogP contribution < -0.4 is 14.8 Å². The first-order valence-corrected chi connectivity index (χ1v) is 7.19. The lowest BCUT2D eigenvalue weighted by Gasteiger charge is -2.18. The molecule has 21 heavy (non-hydrogen) atoms. The van der Waals surface area contributed by atoms with Gasteiger partial charge in [0, 0.05) is 18.0 Å². The van der Waals surface area contributed by atoms with Crippen molar-refractivity contribution in [2.24, 2.45) is 5.92 Å². The standard InChI is InChI=1S/C16H25F2NO2/c1-11(16(17)18)7-12(2)19-6-5-13-8-14(20-3)10-15(9-13)21-4/h8-12,16,19H,5-7H2,1-4H3. The van der Waals surface area contributed by atoms with Gasteiger partial charge in [-0.1, -0.05) is 6.92 Å². The molecule has 1 aromatic rings. The molecule has 1 N–H and O–H groups in total. The molecule has 0 aromatic heterocycles. The number of hydrogen-bond donors (Lipinski definition) is 1. The smallest absolute Gasteiger partial charge is 0.241 e. The summed E-state index contributed by atoms with van der Waals surface area (Å²) in [6.07, 6.45) is -0.989. The second-order valence-corrected chi connectivity index (χ2v) is 5.37. The quantitative estimate of drug-likeness (QED) is 0.757. The molecule has 0 bridgehead atoms. The summed E-state index contributed by atoms with van der Waals surface area (Å²) in [6.45, 7) is 4.24. The van der Waals surface area contributed by atoms with Crippen molar-refractivity contribution in [3.8, 4) is 11.5 Å². The van der Waals surface area contributed by atoms with Crippen molar-refractivity contribution in [3.63, 3.8) is 0 Å². The van der Waals surface area contributed by atoms with E-state index in [2.05, 4.69) is 5.32 Å². The molecular weight excluding hydrogens is 276 g/mol. The maximum absolute atomic E-state index is 12.5. The molecule has 0 radical (unpaired) electrons. The second-order valence-electron chi connectivity index (χ2n) is 5.37. The minimum atomic E-state index is -2.25. The molecule has 0 saturated heterocycles. The molecular formula is C16H25F2NO2. The first kappa shape index (κ1) is 17.7. The SMILES string of the molecule is COc1cc(CCNC(C)CC(C)C(F)F)cc(OC)c1. The summed E-state index contributed by atoms with van der Waals surface area (Å²) < 4.78 is 35.4. The number of rotatable bonds is 9. The van der Waals surface area contributed by atoms with E-state index in [9.17, 15) is 8.78 Å². The predicted molar refractivity (Wildman–Crippen MR) is 80.5 cm³/mol. The summed E-state index contributed by atoms with van der Waals surface area (Å²) in [5.41, 5.74) is 1.09. The van der Waals surface area contributed by atoms with Gasteiger partial charge < -0.3 is 14.8 Å². The van der Waals surface area contributed by atoms with Gasteiger partial charge in [0.2, 0.25) is 6.43 Å². The molecule has 2 atom stereocenters. The van der Waals surface area contributed by atoms with Crippen molar-refractivity contribution in [1.29, 1.82) is 0 Å². The molecule has 0 spiro atoms. The lowest BCUT2D eigenvalue weighted by molar-refractivity contribution is 0.0769. The van der Waals surface area contributed by atoms with Gasteiger partial charge in [-0.3, -0.25) is 0 Å². The van der Waals surface area contributed by atoms with Crippen molar-refractivity contribution in [2.75, 3.05) is 20.8 Å². The zero-order valence-electron chi connectivity index (χ0n) is 13.2. The molecule has 120 valence electrons. The van der Waals surface area contributed by atoms with Crippen LogP contribution in [0.15, 0.2) is 18.2 Å². The number of benzene rings is 1. The van der Waals surface area contributed by atoms with E-state index >= 15 is 0 Å². The van der Waals surface area contributed by atoms with Crippen LogP contribution in [0.5, 0.6) is 11.5 Å². The molecule has 1 aromatic carbocycles. The minimum Gasteiger partial charge on any atom is -0.497 e. The maximum atomic E-state index is 12.5. The Bertz CT molecular complexity index is 404. The van der Waals surface area contributed by atoms with Gasteiger partial charge >= 0.3 is 0 Å². The van der Waals surface area contributed by atoms with E-state index in [4.69, 9.17) is 9.47 Å². The summed E-state index contributed by atoms with van der Waals surface area (Å²) in [5.74, 6) is 0.928. The third-order valence-electron chi connectivity index (χ3n) is 3.47. The molecule has 0 saturated carbocycles. The Morgan fingerprint density at radius 3 is 2.10 bits per heavy atom. The Labute approximate surface area is 125 Å². The van der Waals surface area contributed by atoms with E-state index in [1.165, 1.54) is 0 Å². The van der Waals surface area contributed by atoms with E-state index in [-0.39, 0.29) is 6.04 Å². The molecule has 5 heteroatoms. The monoisotopic (exact) mass is 301 g/mol. The van der Waals surface area contributed by atoms with Crippen LogP contribution in [0, 0.1) is 5.92 Å². The predicted octanol–water partition coefficient (Wildman–Crippen LogP) is 3.52. The van der Waals surface area contributed by atoms with E-state index in [1.54, 1.807) is 21.1 Å². The van der Waals surface area contributed by atoms with Crippen LogP contribution in [0.2, 0.25) is 0 Å². The highest BCUT2D eigenvalue weighted by molar-refractivity contribution is 5.38. The highest BCUT2D eigenvalue weighted by Gasteiger charge is 2.17. The molecule has 0 aliphatic rings. The molecule has 0 amide bonds. The second kappa shape index (κ2) is 8.82. The minimum absolute atomic E-state index is 0.0708. The fourth-order valence-corrected chi connectivity index (χ4v) is 2.22. The summed E-state index contributed by atoms with van der Waals surface area (Å²) in [4.78, 5) is 0. The summed E-state index contributed by atoms with van der Waals surface area (Å²) >= 11 is 0. The number of hydrogen-bond acceptors (Lipinski definition) is 3.